The molecule has 1 aromatic rings. The molecule has 102 valence electrons. The highest BCUT2D eigenvalue weighted by Gasteiger charge is 2.20. The maximum Gasteiger partial charge on any atom is 0.224 e. The van der Waals surface area contributed by atoms with Gasteiger partial charge in [-0.2, -0.15) is 0 Å². The second-order valence-corrected chi connectivity index (χ2v) is 5.48. The van der Waals surface area contributed by atoms with Crippen LogP contribution in [0.25, 0.3) is 0 Å². The van der Waals surface area contributed by atoms with Crippen molar-refractivity contribution in [2.45, 2.75) is 31.7 Å². The van der Waals surface area contributed by atoms with Crippen molar-refractivity contribution < 1.29 is 4.79 Å². The Kier molecular flexibility index (Phi) is 3.42. The number of rotatable bonds is 2. The number of hydrogen-bond donors (Lipinski definition) is 2. The maximum atomic E-state index is 11.4. The topological polar surface area (TPSA) is 44.4 Å². The lowest BCUT2D eigenvalue weighted by molar-refractivity contribution is -0.116. The molecule has 1 saturated heterocycles. The summed E-state index contributed by atoms with van der Waals surface area (Å²) in [5.41, 5.74) is 3.51. The highest BCUT2D eigenvalue weighted by Crippen LogP contribution is 2.28. The summed E-state index contributed by atoms with van der Waals surface area (Å²) in [7, 11) is 2.18. The molecule has 0 bridgehead atoms. The van der Waals surface area contributed by atoms with Gasteiger partial charge in [-0.05, 0) is 56.1 Å². The molecule has 4 heteroatoms. The van der Waals surface area contributed by atoms with E-state index in [0.29, 0.717) is 12.5 Å². The van der Waals surface area contributed by atoms with E-state index in [1.165, 1.54) is 24.1 Å². The number of carbonyl (C=O) groups is 1. The summed E-state index contributed by atoms with van der Waals surface area (Å²) in [6, 6.07) is 7.01. The van der Waals surface area contributed by atoms with Gasteiger partial charge in [0.2, 0.25) is 5.91 Å². The van der Waals surface area contributed by atoms with Gasteiger partial charge in [0.15, 0.2) is 0 Å². The third-order valence-electron chi connectivity index (χ3n) is 4.25. The lowest BCUT2D eigenvalue weighted by Crippen LogP contribution is -2.41. The number of anilines is 2. The summed E-state index contributed by atoms with van der Waals surface area (Å²) in [6.07, 6.45) is 3.86. The summed E-state index contributed by atoms with van der Waals surface area (Å²) in [6.45, 7) is 2.21. The molecule has 4 nitrogen and oxygen atoms in total. The molecule has 1 amide bonds. The van der Waals surface area contributed by atoms with Crippen LogP contribution in [-0.4, -0.2) is 32.1 Å². The molecule has 19 heavy (non-hydrogen) atoms. The third kappa shape index (κ3) is 2.59. The van der Waals surface area contributed by atoms with Gasteiger partial charge in [-0.25, -0.2) is 0 Å². The zero-order chi connectivity index (χ0) is 13.2. The van der Waals surface area contributed by atoms with Gasteiger partial charge in [0, 0.05) is 30.9 Å². The average molecular weight is 259 g/mol. The van der Waals surface area contributed by atoms with E-state index >= 15 is 0 Å². The van der Waals surface area contributed by atoms with E-state index in [1.54, 1.807) is 0 Å². The Morgan fingerprint density at radius 2 is 2.00 bits per heavy atom. The predicted molar refractivity (Wildman–Crippen MR) is 77.7 cm³/mol. The molecule has 0 unspecified atom stereocenters. The number of hydrogen-bond acceptors (Lipinski definition) is 3. The molecule has 0 aliphatic carbocycles. The van der Waals surface area contributed by atoms with Crippen molar-refractivity contribution in [1.82, 2.24) is 5.32 Å². The normalized spacial score (nSPS) is 19.7. The summed E-state index contributed by atoms with van der Waals surface area (Å²) >= 11 is 0. The zero-order valence-corrected chi connectivity index (χ0v) is 11.4. The van der Waals surface area contributed by atoms with E-state index in [9.17, 15) is 4.79 Å². The molecular formula is C15H21N3O. The van der Waals surface area contributed by atoms with Gasteiger partial charge in [0.1, 0.15) is 0 Å². The Bertz CT molecular complexity index is 480. The van der Waals surface area contributed by atoms with Crippen LogP contribution >= 0.6 is 0 Å². The fraction of sp³-hybridized carbons (Fsp3) is 0.533. The summed E-state index contributed by atoms with van der Waals surface area (Å²) in [4.78, 5) is 13.7. The number of carbonyl (C=O) groups excluding carboxylic acids is 1. The first kappa shape index (κ1) is 12.5. The molecule has 1 aromatic carbocycles. The molecule has 0 radical (unpaired) electrons. The number of piperidine rings is 1. The van der Waals surface area contributed by atoms with Gasteiger partial charge in [-0.1, -0.05) is 0 Å². The van der Waals surface area contributed by atoms with E-state index in [2.05, 4.69) is 34.7 Å². The predicted octanol–water partition coefficient (Wildman–Crippen LogP) is 1.76. The van der Waals surface area contributed by atoms with Gasteiger partial charge < -0.3 is 15.5 Å². The van der Waals surface area contributed by atoms with Gasteiger partial charge in [-0.3, -0.25) is 4.79 Å². The first-order valence-corrected chi connectivity index (χ1v) is 7.10. The van der Waals surface area contributed by atoms with Crippen LogP contribution in [0.4, 0.5) is 11.4 Å². The van der Waals surface area contributed by atoms with Crippen molar-refractivity contribution in [2.24, 2.45) is 0 Å². The SMILES string of the molecule is CN(c1ccc2c(c1)CCC(=O)N2)C1CCNCC1. The van der Waals surface area contributed by atoms with E-state index in [4.69, 9.17) is 0 Å². The lowest BCUT2D eigenvalue weighted by Gasteiger charge is -2.34. The van der Waals surface area contributed by atoms with E-state index in [1.807, 2.05) is 6.07 Å². The second kappa shape index (κ2) is 5.21. The monoisotopic (exact) mass is 259 g/mol. The Morgan fingerprint density at radius 3 is 2.79 bits per heavy atom. The third-order valence-corrected chi connectivity index (χ3v) is 4.25. The van der Waals surface area contributed by atoms with E-state index < -0.39 is 0 Å². The number of benzene rings is 1. The van der Waals surface area contributed by atoms with Crippen LogP contribution in [0.2, 0.25) is 0 Å². The molecule has 0 saturated carbocycles. The van der Waals surface area contributed by atoms with Crippen LogP contribution in [0.3, 0.4) is 0 Å². The molecule has 2 heterocycles. The summed E-state index contributed by atoms with van der Waals surface area (Å²) < 4.78 is 0. The van der Waals surface area contributed by atoms with E-state index in [-0.39, 0.29) is 5.91 Å². The fourth-order valence-electron chi connectivity index (χ4n) is 2.99. The maximum absolute atomic E-state index is 11.4. The quantitative estimate of drug-likeness (QED) is 0.850. The van der Waals surface area contributed by atoms with Crippen LogP contribution in [0.1, 0.15) is 24.8 Å². The molecule has 1 fully saturated rings. The number of nitrogens with one attached hydrogen (secondary N) is 2. The molecular weight excluding hydrogens is 238 g/mol. The first-order chi connectivity index (χ1) is 9.24. The zero-order valence-electron chi connectivity index (χ0n) is 11.4. The molecule has 0 atom stereocenters. The summed E-state index contributed by atoms with van der Waals surface area (Å²) in [5, 5.41) is 6.34. The van der Waals surface area contributed by atoms with Crippen molar-refractivity contribution in [3.63, 3.8) is 0 Å². The molecule has 3 rings (SSSR count). The first-order valence-electron chi connectivity index (χ1n) is 7.10. The smallest absolute Gasteiger partial charge is 0.224 e. The minimum atomic E-state index is 0.131. The Morgan fingerprint density at radius 1 is 1.21 bits per heavy atom. The largest absolute Gasteiger partial charge is 0.372 e. The van der Waals surface area contributed by atoms with Gasteiger partial charge >= 0.3 is 0 Å². The van der Waals surface area contributed by atoms with Crippen molar-refractivity contribution in [1.29, 1.82) is 0 Å². The van der Waals surface area contributed by atoms with Crippen LogP contribution in [0.5, 0.6) is 0 Å². The lowest BCUT2D eigenvalue weighted by atomic mass is 10.0. The van der Waals surface area contributed by atoms with Gasteiger partial charge in [-0.15, -0.1) is 0 Å². The Hall–Kier alpha value is -1.55. The number of aryl methyl sites for hydroxylation is 1. The molecule has 2 aliphatic rings. The van der Waals surface area contributed by atoms with Crippen LogP contribution in [-0.2, 0) is 11.2 Å². The van der Waals surface area contributed by atoms with Crippen molar-refractivity contribution in [2.75, 3.05) is 30.4 Å². The summed E-state index contributed by atoms with van der Waals surface area (Å²) in [5.74, 6) is 0.131. The molecule has 0 aromatic heterocycles. The van der Waals surface area contributed by atoms with Crippen molar-refractivity contribution >= 4 is 17.3 Å². The van der Waals surface area contributed by atoms with Crippen LogP contribution in [0.15, 0.2) is 18.2 Å². The minimum absolute atomic E-state index is 0.131. The highest BCUT2D eigenvalue weighted by molar-refractivity contribution is 5.94. The number of fused-ring (bicyclic) bond motifs is 1. The number of amides is 1. The average Bonchev–Trinajstić information content (AvgIpc) is 2.47. The fourth-order valence-corrected chi connectivity index (χ4v) is 2.99. The van der Waals surface area contributed by atoms with Crippen LogP contribution in [0, 0.1) is 0 Å². The van der Waals surface area contributed by atoms with Gasteiger partial charge in [0.25, 0.3) is 0 Å². The molecule has 2 aliphatic heterocycles. The number of nitrogens with zero attached hydrogens (tertiary/aromatic N) is 1. The molecule has 0 spiro atoms. The van der Waals surface area contributed by atoms with Gasteiger partial charge in [0.05, 0.1) is 0 Å². The Labute approximate surface area is 114 Å². The van der Waals surface area contributed by atoms with Crippen LogP contribution < -0.4 is 15.5 Å². The standard InChI is InChI=1S/C15H21N3O/c1-18(12-6-8-16-9-7-12)13-3-4-14-11(10-13)2-5-15(19)17-14/h3-4,10,12,16H,2,5-9H2,1H3,(H,17,19). The Balaban J connectivity index is 1.79. The highest BCUT2D eigenvalue weighted by atomic mass is 16.1. The van der Waals surface area contributed by atoms with Crippen molar-refractivity contribution in [3.8, 4) is 0 Å². The molecule has 2 N–H and O–H groups in total. The van der Waals surface area contributed by atoms with E-state index in [0.717, 1.165) is 25.2 Å². The second-order valence-electron chi connectivity index (χ2n) is 5.48. The minimum Gasteiger partial charge on any atom is -0.372 e. The van der Waals surface area contributed by atoms with Crippen molar-refractivity contribution in [3.05, 3.63) is 23.8 Å².